The van der Waals surface area contributed by atoms with Crippen LogP contribution in [0.2, 0.25) is 0 Å². The second-order valence-corrected chi connectivity index (χ2v) is 5.38. The lowest BCUT2D eigenvalue weighted by Crippen LogP contribution is -2.37. The molecule has 0 saturated heterocycles. The summed E-state index contributed by atoms with van der Waals surface area (Å²) < 4.78 is 5.42. The quantitative estimate of drug-likeness (QED) is 0.684. The summed E-state index contributed by atoms with van der Waals surface area (Å²) in [6.45, 7) is 5.39. The van der Waals surface area contributed by atoms with Gasteiger partial charge in [-0.15, -0.1) is 0 Å². The van der Waals surface area contributed by atoms with Crippen LogP contribution in [0.5, 0.6) is 0 Å². The Kier molecular flexibility index (Phi) is 5.47. The van der Waals surface area contributed by atoms with Gasteiger partial charge < -0.3 is 26.5 Å². The Balaban J connectivity index is 4.47. The molecule has 0 radical (unpaired) electrons. The van der Waals surface area contributed by atoms with Gasteiger partial charge >= 0.3 is 6.09 Å². The number of nitrogens with zero attached hydrogens (tertiary/aromatic N) is 1. The van der Waals surface area contributed by atoms with Crippen molar-refractivity contribution in [1.29, 1.82) is 5.41 Å². The van der Waals surface area contributed by atoms with Crippen molar-refractivity contribution >= 4 is 27.7 Å². The minimum absolute atomic E-state index is 0.00703. The lowest BCUT2D eigenvalue weighted by molar-refractivity contribution is 0.0324. The lowest BCUT2D eigenvalue weighted by Gasteiger charge is -2.24. The summed E-state index contributed by atoms with van der Waals surface area (Å²) in [6, 6.07) is 0. The molecule has 1 amide bonds. The predicted octanol–water partition coefficient (Wildman–Crippen LogP) is 1.35. The number of carbonyl (C=O) groups excluding carboxylic acids is 1. The third-order valence-electron chi connectivity index (χ3n) is 1.62. The van der Waals surface area contributed by atoms with E-state index in [0.717, 1.165) is 0 Å². The predicted molar refractivity (Wildman–Crippen MR) is 70.9 cm³/mol. The number of nitrogens with two attached hydrogens (primary N) is 2. The molecule has 0 heterocycles. The molecule has 0 aliphatic carbocycles. The SMILES string of the molecule is CN(CC(=N)C(Br)=C(N)N)C(=O)OC(C)(C)C. The highest BCUT2D eigenvalue weighted by molar-refractivity contribution is 9.12. The van der Waals surface area contributed by atoms with Crippen molar-refractivity contribution in [2.24, 2.45) is 11.5 Å². The smallest absolute Gasteiger partial charge is 0.410 e. The largest absolute Gasteiger partial charge is 0.444 e. The van der Waals surface area contributed by atoms with E-state index in [9.17, 15) is 4.79 Å². The van der Waals surface area contributed by atoms with E-state index in [1.54, 1.807) is 20.8 Å². The topological polar surface area (TPSA) is 105 Å². The summed E-state index contributed by atoms with van der Waals surface area (Å²) in [5, 5.41) is 7.67. The monoisotopic (exact) mass is 306 g/mol. The number of halogens is 1. The van der Waals surface area contributed by atoms with E-state index < -0.39 is 11.7 Å². The summed E-state index contributed by atoms with van der Waals surface area (Å²) in [6.07, 6.45) is -0.502. The Morgan fingerprint density at radius 1 is 1.41 bits per heavy atom. The average Bonchev–Trinajstić information content (AvgIpc) is 2.13. The van der Waals surface area contributed by atoms with E-state index in [4.69, 9.17) is 21.6 Å². The summed E-state index contributed by atoms with van der Waals surface area (Å²) in [5.41, 5.74) is 10.2. The van der Waals surface area contributed by atoms with Gasteiger partial charge in [-0.3, -0.25) is 0 Å². The van der Waals surface area contributed by atoms with Crippen LogP contribution in [0.15, 0.2) is 10.3 Å². The van der Waals surface area contributed by atoms with Crippen LogP contribution in [0.1, 0.15) is 20.8 Å². The zero-order valence-corrected chi connectivity index (χ0v) is 12.1. The van der Waals surface area contributed by atoms with Crippen LogP contribution in [0, 0.1) is 5.41 Å². The Bertz CT molecular complexity index is 343. The number of hydrogen-bond donors (Lipinski definition) is 3. The van der Waals surface area contributed by atoms with Crippen molar-refractivity contribution in [1.82, 2.24) is 4.90 Å². The first-order valence-electron chi connectivity index (χ1n) is 4.97. The summed E-state index contributed by atoms with van der Waals surface area (Å²) in [5.74, 6) is 0.00703. The minimum atomic E-state index is -0.562. The van der Waals surface area contributed by atoms with Crippen molar-refractivity contribution in [3.63, 3.8) is 0 Å². The standard InChI is InChI=1S/C10H19BrN4O2/c1-10(2,3)17-9(16)15(4)5-6(12)7(11)8(13)14/h12H,5,13-14H2,1-4H3. The molecule has 0 aromatic heterocycles. The van der Waals surface area contributed by atoms with Crippen molar-refractivity contribution in [2.45, 2.75) is 26.4 Å². The Morgan fingerprint density at radius 2 is 1.88 bits per heavy atom. The third kappa shape index (κ3) is 6.15. The van der Waals surface area contributed by atoms with Gasteiger partial charge in [-0.2, -0.15) is 0 Å². The van der Waals surface area contributed by atoms with Crippen LogP contribution in [0.4, 0.5) is 4.79 Å². The van der Waals surface area contributed by atoms with E-state index in [1.165, 1.54) is 11.9 Å². The lowest BCUT2D eigenvalue weighted by atomic mass is 10.2. The second-order valence-electron chi connectivity index (χ2n) is 4.58. The summed E-state index contributed by atoms with van der Waals surface area (Å²) in [7, 11) is 1.54. The number of rotatable bonds is 3. The molecule has 5 N–H and O–H groups in total. The maximum absolute atomic E-state index is 11.6. The fourth-order valence-electron chi connectivity index (χ4n) is 0.885. The van der Waals surface area contributed by atoms with E-state index in [-0.39, 0.29) is 22.6 Å². The Morgan fingerprint density at radius 3 is 2.24 bits per heavy atom. The first kappa shape index (κ1) is 15.8. The molecule has 6 nitrogen and oxygen atoms in total. The molecule has 98 valence electrons. The Labute approximate surface area is 110 Å². The number of nitrogens with one attached hydrogen (secondary N) is 1. The average molecular weight is 307 g/mol. The molecule has 0 spiro atoms. The molecule has 0 unspecified atom stereocenters. The molecule has 0 aromatic carbocycles. The fourth-order valence-corrected chi connectivity index (χ4v) is 1.01. The normalized spacial score (nSPS) is 10.6. The van der Waals surface area contributed by atoms with Gasteiger partial charge in [-0.1, -0.05) is 0 Å². The molecular formula is C10H19BrN4O2. The Hall–Kier alpha value is -1.24. The third-order valence-corrected chi connectivity index (χ3v) is 2.56. The molecule has 0 rings (SSSR count). The highest BCUT2D eigenvalue weighted by atomic mass is 79.9. The minimum Gasteiger partial charge on any atom is -0.444 e. The summed E-state index contributed by atoms with van der Waals surface area (Å²) in [4.78, 5) is 12.9. The highest BCUT2D eigenvalue weighted by Gasteiger charge is 2.20. The van der Waals surface area contributed by atoms with Crippen LogP contribution < -0.4 is 11.5 Å². The van der Waals surface area contributed by atoms with Crippen LogP contribution in [0.3, 0.4) is 0 Å². The van der Waals surface area contributed by atoms with Gasteiger partial charge in [-0.05, 0) is 36.7 Å². The molecule has 0 fully saturated rings. The van der Waals surface area contributed by atoms with Crippen LogP contribution in [0.25, 0.3) is 0 Å². The van der Waals surface area contributed by atoms with Gasteiger partial charge in [0.15, 0.2) is 0 Å². The molecule has 7 heteroatoms. The molecule has 0 saturated carbocycles. The van der Waals surface area contributed by atoms with Crippen molar-refractivity contribution < 1.29 is 9.53 Å². The summed E-state index contributed by atoms with van der Waals surface area (Å²) >= 11 is 3.07. The van der Waals surface area contributed by atoms with E-state index in [1.807, 2.05) is 0 Å². The molecule has 0 bridgehead atoms. The van der Waals surface area contributed by atoms with Crippen LogP contribution in [-0.2, 0) is 4.74 Å². The molecule has 17 heavy (non-hydrogen) atoms. The fraction of sp³-hybridized carbons (Fsp3) is 0.600. The van der Waals surface area contributed by atoms with Crippen molar-refractivity contribution in [3.8, 4) is 0 Å². The van der Waals surface area contributed by atoms with Crippen molar-refractivity contribution in [2.75, 3.05) is 13.6 Å². The van der Waals surface area contributed by atoms with Gasteiger partial charge in [0.1, 0.15) is 11.4 Å². The maximum atomic E-state index is 11.6. The first-order chi connectivity index (χ1) is 7.54. The number of carbonyl (C=O) groups is 1. The zero-order valence-electron chi connectivity index (χ0n) is 10.5. The maximum Gasteiger partial charge on any atom is 0.410 e. The van der Waals surface area contributed by atoms with Gasteiger partial charge in [0.25, 0.3) is 0 Å². The molecular weight excluding hydrogens is 288 g/mol. The van der Waals surface area contributed by atoms with E-state index in [0.29, 0.717) is 0 Å². The van der Waals surface area contributed by atoms with Gasteiger partial charge in [0, 0.05) is 7.05 Å². The van der Waals surface area contributed by atoms with Gasteiger partial charge in [0.2, 0.25) is 0 Å². The number of amides is 1. The van der Waals surface area contributed by atoms with E-state index >= 15 is 0 Å². The molecule has 0 aliphatic rings. The molecule has 0 aliphatic heterocycles. The van der Waals surface area contributed by atoms with Crippen LogP contribution >= 0.6 is 15.9 Å². The first-order valence-corrected chi connectivity index (χ1v) is 5.76. The van der Waals surface area contributed by atoms with Crippen LogP contribution in [-0.4, -0.2) is 35.9 Å². The van der Waals surface area contributed by atoms with Crippen molar-refractivity contribution in [3.05, 3.63) is 10.3 Å². The molecule has 0 atom stereocenters. The van der Waals surface area contributed by atoms with Gasteiger partial charge in [-0.25, -0.2) is 4.79 Å². The highest BCUT2D eigenvalue weighted by Crippen LogP contribution is 2.11. The van der Waals surface area contributed by atoms with E-state index in [2.05, 4.69) is 15.9 Å². The number of ether oxygens (including phenoxy) is 1. The molecule has 0 aromatic rings. The van der Waals surface area contributed by atoms with Gasteiger partial charge in [0.05, 0.1) is 16.7 Å². The zero-order chi connectivity index (χ0) is 13.8. The second kappa shape index (κ2) is 5.90. The number of hydrogen-bond acceptors (Lipinski definition) is 5.